The molecule has 0 saturated carbocycles. The standard InChI is InChI=1S/C19H22ClF6N3O2/c20-13-4-3-5-14(28-7-1-2-8-28)12(13)11-29-9-6-27-10-15(29)16(30)31-17(18(21,22)23)19(24,25)26/h3-5,15,17,27H,1-2,6-11H2. The molecule has 1 N–H and O–H groups in total. The van der Waals surface area contributed by atoms with Crippen LogP contribution in [0.1, 0.15) is 18.4 Å². The summed E-state index contributed by atoms with van der Waals surface area (Å²) >= 11 is 6.38. The molecule has 2 aliphatic heterocycles. The highest BCUT2D eigenvalue weighted by molar-refractivity contribution is 6.31. The third-order valence-corrected chi connectivity index (χ3v) is 5.71. The van der Waals surface area contributed by atoms with Gasteiger partial charge in [-0.1, -0.05) is 17.7 Å². The largest absolute Gasteiger partial charge is 0.442 e. The van der Waals surface area contributed by atoms with Gasteiger partial charge in [0.1, 0.15) is 6.04 Å². The molecule has 0 radical (unpaired) electrons. The first-order valence-electron chi connectivity index (χ1n) is 9.79. The molecule has 1 aromatic rings. The van der Waals surface area contributed by atoms with Crippen LogP contribution < -0.4 is 10.2 Å². The third kappa shape index (κ3) is 5.75. The molecule has 0 amide bonds. The van der Waals surface area contributed by atoms with Gasteiger partial charge in [-0.25, -0.2) is 0 Å². The van der Waals surface area contributed by atoms with Crippen molar-refractivity contribution in [3.8, 4) is 0 Å². The van der Waals surface area contributed by atoms with Crippen LogP contribution in [-0.4, -0.2) is 68.1 Å². The van der Waals surface area contributed by atoms with Gasteiger partial charge in [0.25, 0.3) is 6.10 Å². The van der Waals surface area contributed by atoms with Crippen molar-refractivity contribution in [2.24, 2.45) is 0 Å². The number of alkyl halides is 6. The molecule has 174 valence electrons. The Kier molecular flexibility index (Phi) is 7.27. The number of esters is 1. The quantitative estimate of drug-likeness (QED) is 0.521. The number of benzene rings is 1. The minimum atomic E-state index is -5.76. The molecule has 1 atom stereocenters. The van der Waals surface area contributed by atoms with Crippen LogP contribution in [0.25, 0.3) is 0 Å². The van der Waals surface area contributed by atoms with Gasteiger partial charge in [-0.05, 0) is 25.0 Å². The van der Waals surface area contributed by atoms with Crippen molar-refractivity contribution in [3.63, 3.8) is 0 Å². The van der Waals surface area contributed by atoms with E-state index in [1.807, 2.05) is 6.07 Å². The van der Waals surface area contributed by atoms with Gasteiger partial charge in [-0.2, -0.15) is 26.3 Å². The van der Waals surface area contributed by atoms with Gasteiger partial charge in [0.15, 0.2) is 0 Å². The fraction of sp³-hybridized carbons (Fsp3) is 0.632. The number of carbonyl (C=O) groups excluding carboxylic acids is 1. The first-order valence-corrected chi connectivity index (χ1v) is 10.2. The molecule has 0 spiro atoms. The summed E-state index contributed by atoms with van der Waals surface area (Å²) in [5.41, 5.74) is 1.52. The predicted molar refractivity (Wildman–Crippen MR) is 102 cm³/mol. The van der Waals surface area contributed by atoms with Gasteiger partial charge in [0.05, 0.1) is 0 Å². The van der Waals surface area contributed by atoms with E-state index in [9.17, 15) is 31.1 Å². The number of hydrogen-bond acceptors (Lipinski definition) is 5. The van der Waals surface area contributed by atoms with Crippen molar-refractivity contribution in [2.75, 3.05) is 37.6 Å². The van der Waals surface area contributed by atoms with E-state index >= 15 is 0 Å². The van der Waals surface area contributed by atoms with Gasteiger partial charge < -0.3 is 15.0 Å². The molecule has 12 heteroatoms. The molecule has 5 nitrogen and oxygen atoms in total. The molecule has 3 rings (SSSR count). The number of anilines is 1. The van der Waals surface area contributed by atoms with E-state index in [0.29, 0.717) is 17.1 Å². The Morgan fingerprint density at radius 3 is 2.39 bits per heavy atom. The number of halogens is 7. The zero-order chi connectivity index (χ0) is 22.8. The van der Waals surface area contributed by atoms with Crippen LogP contribution in [0.15, 0.2) is 18.2 Å². The van der Waals surface area contributed by atoms with Gasteiger partial charge in [-0.3, -0.25) is 9.69 Å². The molecular weight excluding hydrogens is 452 g/mol. The maximum atomic E-state index is 12.8. The number of nitrogens with one attached hydrogen (secondary N) is 1. The van der Waals surface area contributed by atoms with Gasteiger partial charge in [-0.15, -0.1) is 0 Å². The first kappa shape index (κ1) is 23.9. The lowest BCUT2D eigenvalue weighted by atomic mass is 10.1. The van der Waals surface area contributed by atoms with Crippen LogP contribution in [0.2, 0.25) is 5.02 Å². The summed E-state index contributed by atoms with van der Waals surface area (Å²) in [4.78, 5) is 16.0. The average Bonchev–Trinajstić information content (AvgIpc) is 3.20. The third-order valence-electron chi connectivity index (χ3n) is 5.36. The molecule has 0 aromatic heterocycles. The Bertz CT molecular complexity index is 769. The van der Waals surface area contributed by atoms with E-state index in [0.717, 1.165) is 31.6 Å². The van der Waals surface area contributed by atoms with Crippen molar-refractivity contribution in [1.29, 1.82) is 0 Å². The summed E-state index contributed by atoms with van der Waals surface area (Å²) < 4.78 is 80.8. The van der Waals surface area contributed by atoms with Crippen molar-refractivity contribution < 1.29 is 35.9 Å². The first-order chi connectivity index (χ1) is 14.5. The van der Waals surface area contributed by atoms with Crippen LogP contribution in [0.5, 0.6) is 0 Å². The lowest BCUT2D eigenvalue weighted by molar-refractivity contribution is -0.314. The highest BCUT2D eigenvalue weighted by atomic mass is 35.5. The minimum Gasteiger partial charge on any atom is -0.442 e. The lowest BCUT2D eigenvalue weighted by Crippen LogP contribution is -2.57. The number of hydrogen-bond donors (Lipinski definition) is 1. The molecule has 2 heterocycles. The van der Waals surface area contributed by atoms with Crippen molar-refractivity contribution >= 4 is 23.3 Å². The molecule has 0 bridgehead atoms. The molecule has 2 aliphatic rings. The van der Waals surface area contributed by atoms with Crippen molar-refractivity contribution in [3.05, 3.63) is 28.8 Å². The van der Waals surface area contributed by atoms with Gasteiger partial charge >= 0.3 is 18.3 Å². The van der Waals surface area contributed by atoms with E-state index in [1.54, 1.807) is 12.1 Å². The summed E-state index contributed by atoms with van der Waals surface area (Å²) in [5.74, 6) is -1.58. The number of rotatable bonds is 5. The number of ether oxygens (including phenoxy) is 1. The van der Waals surface area contributed by atoms with Crippen LogP contribution >= 0.6 is 11.6 Å². The highest BCUT2D eigenvalue weighted by Crippen LogP contribution is 2.36. The number of piperazine rings is 1. The SMILES string of the molecule is O=C(OC(C(F)(F)F)C(F)(F)F)C1CNCCN1Cc1c(Cl)cccc1N1CCCC1. The molecular formula is C19H22ClF6N3O2. The molecule has 31 heavy (non-hydrogen) atoms. The lowest BCUT2D eigenvalue weighted by Gasteiger charge is -2.36. The van der Waals surface area contributed by atoms with Gasteiger partial charge in [0, 0.05) is 55.5 Å². The maximum Gasteiger partial charge on any atom is 0.434 e. The zero-order valence-corrected chi connectivity index (χ0v) is 17.2. The van der Waals surface area contributed by atoms with Gasteiger partial charge in [0.2, 0.25) is 0 Å². The Balaban J connectivity index is 1.81. The molecule has 0 aliphatic carbocycles. The van der Waals surface area contributed by atoms with Crippen LogP contribution in [0.4, 0.5) is 32.0 Å². The maximum absolute atomic E-state index is 12.8. The Morgan fingerprint density at radius 2 is 1.77 bits per heavy atom. The molecule has 1 aromatic carbocycles. The molecule has 2 fully saturated rings. The highest BCUT2D eigenvalue weighted by Gasteiger charge is 2.60. The summed E-state index contributed by atoms with van der Waals surface area (Å²) in [6.07, 6.45) is -13.7. The predicted octanol–water partition coefficient (Wildman–Crippen LogP) is 3.75. The normalized spacial score (nSPS) is 21.0. The summed E-state index contributed by atoms with van der Waals surface area (Å²) in [6.45, 7) is 2.24. The Morgan fingerprint density at radius 1 is 1.13 bits per heavy atom. The zero-order valence-electron chi connectivity index (χ0n) is 16.4. The summed E-state index contributed by atoms with van der Waals surface area (Å²) in [6, 6.07) is 3.99. The number of carbonyl (C=O) groups is 1. The van der Waals surface area contributed by atoms with E-state index in [-0.39, 0.29) is 19.6 Å². The van der Waals surface area contributed by atoms with E-state index in [1.165, 1.54) is 4.90 Å². The second kappa shape index (κ2) is 9.41. The van der Waals surface area contributed by atoms with Crippen LogP contribution in [-0.2, 0) is 16.1 Å². The molecule has 1 unspecified atom stereocenters. The van der Waals surface area contributed by atoms with E-state index in [4.69, 9.17) is 11.6 Å². The van der Waals surface area contributed by atoms with E-state index < -0.39 is 30.5 Å². The second-order valence-electron chi connectivity index (χ2n) is 7.52. The minimum absolute atomic E-state index is 0.0929. The number of nitrogens with zero attached hydrogens (tertiary/aromatic N) is 2. The Hall–Kier alpha value is -1.72. The van der Waals surface area contributed by atoms with Crippen LogP contribution in [0.3, 0.4) is 0 Å². The Labute approximate surface area is 180 Å². The topological polar surface area (TPSA) is 44.8 Å². The fourth-order valence-corrected chi connectivity index (χ4v) is 4.07. The summed E-state index contributed by atoms with van der Waals surface area (Å²) in [5, 5.41) is 3.23. The smallest absolute Gasteiger partial charge is 0.434 e. The van der Waals surface area contributed by atoms with Crippen molar-refractivity contribution in [2.45, 2.75) is 43.9 Å². The van der Waals surface area contributed by atoms with E-state index in [2.05, 4.69) is 15.0 Å². The monoisotopic (exact) mass is 473 g/mol. The second-order valence-corrected chi connectivity index (χ2v) is 7.93. The summed E-state index contributed by atoms with van der Waals surface area (Å²) in [7, 11) is 0. The fourth-order valence-electron chi connectivity index (χ4n) is 3.84. The van der Waals surface area contributed by atoms with Crippen molar-refractivity contribution in [1.82, 2.24) is 10.2 Å². The average molecular weight is 474 g/mol. The molecule has 2 saturated heterocycles. The van der Waals surface area contributed by atoms with Crippen LogP contribution in [0, 0.1) is 0 Å².